The summed E-state index contributed by atoms with van der Waals surface area (Å²) >= 11 is 3.48. The molecule has 0 saturated carbocycles. The summed E-state index contributed by atoms with van der Waals surface area (Å²) < 4.78 is 2.75. The van der Waals surface area contributed by atoms with Crippen LogP contribution in [-0.4, -0.2) is 46.2 Å². The summed E-state index contributed by atoms with van der Waals surface area (Å²) in [6.07, 6.45) is 3.15. The van der Waals surface area contributed by atoms with Crippen molar-refractivity contribution >= 4 is 27.5 Å². The zero-order valence-electron chi connectivity index (χ0n) is 10.3. The molecule has 0 spiro atoms. The quantitative estimate of drug-likeness (QED) is 0.940. The van der Waals surface area contributed by atoms with Gasteiger partial charge < -0.3 is 10.2 Å². The third-order valence-corrected chi connectivity index (χ3v) is 3.97. The van der Waals surface area contributed by atoms with Crippen LogP contribution in [0, 0.1) is 5.92 Å². The Balaban J connectivity index is 1.69. The predicted molar refractivity (Wildman–Crippen MR) is 74.8 cm³/mol. The molecule has 2 aromatic heterocycles. The molecule has 1 unspecified atom stereocenters. The maximum atomic E-state index is 4.47. The summed E-state index contributed by atoms with van der Waals surface area (Å²) in [6.45, 7) is 3.29. The highest BCUT2D eigenvalue weighted by Gasteiger charge is 2.19. The molecule has 0 aromatic carbocycles. The van der Waals surface area contributed by atoms with Crippen molar-refractivity contribution in [3.63, 3.8) is 0 Å². The second kappa shape index (κ2) is 4.85. The Bertz CT molecular complexity index is 552. The van der Waals surface area contributed by atoms with E-state index in [0.29, 0.717) is 11.9 Å². The Kier molecular flexibility index (Phi) is 3.22. The van der Waals surface area contributed by atoms with Gasteiger partial charge in [-0.1, -0.05) is 0 Å². The molecule has 1 N–H and O–H groups in total. The molecule has 6 heteroatoms. The van der Waals surface area contributed by atoms with Gasteiger partial charge in [0.2, 0.25) is 5.95 Å². The third-order valence-electron chi connectivity index (χ3n) is 3.35. The predicted octanol–water partition coefficient (Wildman–Crippen LogP) is 1.86. The highest BCUT2D eigenvalue weighted by Crippen LogP contribution is 2.18. The number of halogens is 1. The van der Waals surface area contributed by atoms with Crippen LogP contribution in [0.15, 0.2) is 22.8 Å². The van der Waals surface area contributed by atoms with Crippen molar-refractivity contribution in [1.29, 1.82) is 0 Å². The lowest BCUT2D eigenvalue weighted by atomic mass is 10.1. The van der Waals surface area contributed by atoms with Gasteiger partial charge in [0.15, 0.2) is 5.65 Å². The van der Waals surface area contributed by atoms with Crippen molar-refractivity contribution in [3.05, 3.63) is 22.8 Å². The van der Waals surface area contributed by atoms with E-state index in [0.717, 1.165) is 23.2 Å². The van der Waals surface area contributed by atoms with Gasteiger partial charge in [0.05, 0.1) is 4.47 Å². The zero-order chi connectivity index (χ0) is 12.5. The first-order valence-corrected chi connectivity index (χ1v) is 6.95. The number of rotatable bonds is 3. The molecule has 5 nitrogen and oxygen atoms in total. The van der Waals surface area contributed by atoms with E-state index in [1.165, 1.54) is 13.0 Å². The lowest BCUT2D eigenvalue weighted by Gasteiger charge is -2.09. The summed E-state index contributed by atoms with van der Waals surface area (Å²) in [7, 11) is 2.17. The van der Waals surface area contributed by atoms with E-state index in [2.05, 4.69) is 43.3 Å². The van der Waals surface area contributed by atoms with Crippen LogP contribution >= 0.6 is 15.9 Å². The van der Waals surface area contributed by atoms with E-state index in [1.54, 1.807) is 4.52 Å². The van der Waals surface area contributed by atoms with Crippen molar-refractivity contribution in [2.45, 2.75) is 6.42 Å². The molecule has 0 bridgehead atoms. The van der Waals surface area contributed by atoms with Crippen molar-refractivity contribution < 1.29 is 0 Å². The Hall–Kier alpha value is -1.14. The lowest BCUT2D eigenvalue weighted by Crippen LogP contribution is -2.19. The van der Waals surface area contributed by atoms with Crippen molar-refractivity contribution in [2.75, 3.05) is 32.0 Å². The normalized spacial score (nSPS) is 20.7. The van der Waals surface area contributed by atoms with Crippen LogP contribution in [-0.2, 0) is 0 Å². The van der Waals surface area contributed by atoms with E-state index >= 15 is 0 Å². The van der Waals surface area contributed by atoms with Gasteiger partial charge in [0.25, 0.3) is 0 Å². The second-order valence-corrected chi connectivity index (χ2v) is 5.71. The van der Waals surface area contributed by atoms with E-state index in [1.807, 2.05) is 18.3 Å². The molecule has 0 aliphatic carbocycles. The van der Waals surface area contributed by atoms with E-state index in [9.17, 15) is 0 Å². The summed E-state index contributed by atoms with van der Waals surface area (Å²) in [5, 5.41) is 7.74. The molecule has 3 heterocycles. The molecule has 96 valence electrons. The van der Waals surface area contributed by atoms with Crippen LogP contribution in [0.1, 0.15) is 6.42 Å². The number of hydrogen-bond acceptors (Lipinski definition) is 4. The topological polar surface area (TPSA) is 45.5 Å². The minimum Gasteiger partial charge on any atom is -0.353 e. The van der Waals surface area contributed by atoms with Gasteiger partial charge in [-0.2, -0.15) is 4.98 Å². The molecule has 1 aliphatic rings. The lowest BCUT2D eigenvalue weighted by molar-refractivity contribution is 0.399. The molecular weight excluding hydrogens is 294 g/mol. The van der Waals surface area contributed by atoms with Gasteiger partial charge in [0.1, 0.15) is 0 Å². The van der Waals surface area contributed by atoms with E-state index in [-0.39, 0.29) is 0 Å². The standard InChI is InChI=1S/C12H16BrN5/c1-17-6-4-9(8-17)7-14-12-15-11-10(13)3-2-5-18(11)16-12/h2-3,5,9H,4,6-8H2,1H3,(H,14,16). The fraction of sp³-hybridized carbons (Fsp3) is 0.500. The van der Waals surface area contributed by atoms with E-state index < -0.39 is 0 Å². The van der Waals surface area contributed by atoms with Crippen LogP contribution in [0.4, 0.5) is 5.95 Å². The first kappa shape index (κ1) is 11.9. The second-order valence-electron chi connectivity index (χ2n) is 4.86. The largest absolute Gasteiger partial charge is 0.353 e. The molecule has 2 aromatic rings. The van der Waals surface area contributed by atoms with Crippen molar-refractivity contribution in [2.24, 2.45) is 5.92 Å². The van der Waals surface area contributed by atoms with E-state index in [4.69, 9.17) is 0 Å². The van der Waals surface area contributed by atoms with Gasteiger partial charge in [-0.15, -0.1) is 5.10 Å². The molecule has 3 rings (SSSR count). The minimum absolute atomic E-state index is 0.699. The van der Waals surface area contributed by atoms with Crippen LogP contribution < -0.4 is 5.32 Å². The number of likely N-dealkylation sites (tertiary alicyclic amines) is 1. The van der Waals surface area contributed by atoms with Crippen molar-refractivity contribution in [3.8, 4) is 0 Å². The first-order chi connectivity index (χ1) is 8.72. The molecule has 1 saturated heterocycles. The molecule has 0 amide bonds. The minimum atomic E-state index is 0.699. The zero-order valence-corrected chi connectivity index (χ0v) is 11.9. The summed E-state index contributed by atoms with van der Waals surface area (Å²) in [5.41, 5.74) is 0.850. The Morgan fingerprint density at radius 2 is 2.44 bits per heavy atom. The fourth-order valence-electron chi connectivity index (χ4n) is 2.38. The summed E-state index contributed by atoms with van der Waals surface area (Å²) in [5.74, 6) is 1.40. The molecule has 1 aliphatic heterocycles. The summed E-state index contributed by atoms with van der Waals surface area (Å²) in [4.78, 5) is 6.83. The number of anilines is 1. The monoisotopic (exact) mass is 309 g/mol. The van der Waals surface area contributed by atoms with Crippen LogP contribution in [0.25, 0.3) is 5.65 Å². The summed E-state index contributed by atoms with van der Waals surface area (Å²) in [6, 6.07) is 3.92. The molecule has 18 heavy (non-hydrogen) atoms. The Morgan fingerprint density at radius 3 is 3.17 bits per heavy atom. The smallest absolute Gasteiger partial charge is 0.243 e. The van der Waals surface area contributed by atoms with Crippen molar-refractivity contribution in [1.82, 2.24) is 19.5 Å². The highest BCUT2D eigenvalue weighted by molar-refractivity contribution is 9.10. The van der Waals surface area contributed by atoms with Gasteiger partial charge >= 0.3 is 0 Å². The van der Waals surface area contributed by atoms with Crippen LogP contribution in [0.3, 0.4) is 0 Å². The number of fused-ring (bicyclic) bond motifs is 1. The third kappa shape index (κ3) is 2.35. The maximum Gasteiger partial charge on any atom is 0.243 e. The molecule has 0 radical (unpaired) electrons. The SMILES string of the molecule is CN1CCC(CNc2nc3c(Br)cccn3n2)C1. The number of hydrogen-bond donors (Lipinski definition) is 1. The molecule has 1 atom stereocenters. The average molecular weight is 310 g/mol. The number of pyridine rings is 1. The number of aromatic nitrogens is 3. The number of nitrogens with one attached hydrogen (secondary N) is 1. The van der Waals surface area contributed by atoms with Gasteiger partial charge in [-0.3, -0.25) is 0 Å². The van der Waals surface area contributed by atoms with Crippen LogP contribution in [0.5, 0.6) is 0 Å². The molecular formula is C12H16BrN5. The first-order valence-electron chi connectivity index (χ1n) is 6.15. The van der Waals surface area contributed by atoms with Crippen LogP contribution in [0.2, 0.25) is 0 Å². The molecule has 1 fully saturated rings. The average Bonchev–Trinajstić information content (AvgIpc) is 2.93. The highest BCUT2D eigenvalue weighted by atomic mass is 79.9. The van der Waals surface area contributed by atoms with Gasteiger partial charge in [-0.05, 0) is 54.0 Å². The van der Waals surface area contributed by atoms with Gasteiger partial charge in [0, 0.05) is 19.3 Å². The van der Waals surface area contributed by atoms with Gasteiger partial charge in [-0.25, -0.2) is 4.52 Å². The number of nitrogens with zero attached hydrogens (tertiary/aromatic N) is 4. The Morgan fingerprint density at radius 1 is 1.56 bits per heavy atom. The maximum absolute atomic E-state index is 4.47. The fourth-order valence-corrected chi connectivity index (χ4v) is 2.80. The Labute approximate surface area is 114 Å².